The smallest absolute Gasteiger partial charge is 0.343 e. The molecule has 0 aliphatic heterocycles. The first kappa shape index (κ1) is 21.7. The van der Waals surface area contributed by atoms with Gasteiger partial charge in [0.2, 0.25) is 5.91 Å². The molecule has 0 bridgehead atoms. The quantitative estimate of drug-likeness (QED) is 0.235. The van der Waals surface area contributed by atoms with Gasteiger partial charge in [-0.1, -0.05) is 25.5 Å². The highest BCUT2D eigenvalue weighted by Gasteiger charge is 2.09. The summed E-state index contributed by atoms with van der Waals surface area (Å²) in [6.07, 6.45) is 5.29. The number of nitrogens with two attached hydrogens (primary N) is 2. The number of carbonyl (C=O) groups excluding carboxylic acids is 2. The number of amides is 1. The number of likely N-dealkylation sites (N-methyl/N-ethyl adjacent to an activating group) is 1. The van der Waals surface area contributed by atoms with Crippen LogP contribution in [0.25, 0.3) is 6.08 Å². The van der Waals surface area contributed by atoms with Crippen LogP contribution in [0.5, 0.6) is 5.75 Å². The fourth-order valence-electron chi connectivity index (χ4n) is 2.43. The Morgan fingerprint density at radius 1 is 1.07 bits per heavy atom. The first-order chi connectivity index (χ1) is 13.9. The van der Waals surface area contributed by atoms with Gasteiger partial charge >= 0.3 is 5.97 Å². The van der Waals surface area contributed by atoms with E-state index in [9.17, 15) is 9.59 Å². The van der Waals surface area contributed by atoms with Gasteiger partial charge in [-0.05, 0) is 54.5 Å². The summed E-state index contributed by atoms with van der Waals surface area (Å²) >= 11 is 0. The Kier molecular flexibility index (Phi) is 7.97. The van der Waals surface area contributed by atoms with E-state index in [1.165, 1.54) is 6.08 Å². The van der Waals surface area contributed by atoms with Crippen molar-refractivity contribution in [1.82, 2.24) is 4.90 Å². The molecule has 0 fully saturated rings. The van der Waals surface area contributed by atoms with Crippen LogP contribution in [0.4, 0.5) is 5.69 Å². The van der Waals surface area contributed by atoms with Gasteiger partial charge < -0.3 is 21.1 Å². The standard InChI is InChI=1S/C22H26N4O3/c1-3-4-15-26(2)20(27)14-7-16-5-12-19(13-6-16)29-21(28)17-8-10-18(11-9-17)25-22(23)24/h5-14H,3-4,15H2,1-2H3,(H4,23,24,25). The van der Waals surface area contributed by atoms with Gasteiger partial charge in [0.05, 0.1) is 11.3 Å². The summed E-state index contributed by atoms with van der Waals surface area (Å²) in [6, 6.07) is 13.3. The van der Waals surface area contributed by atoms with Gasteiger partial charge in [0.25, 0.3) is 0 Å². The average molecular weight is 394 g/mol. The molecule has 152 valence electrons. The van der Waals surface area contributed by atoms with Crippen LogP contribution in [0.15, 0.2) is 59.6 Å². The lowest BCUT2D eigenvalue weighted by atomic mass is 10.2. The molecule has 29 heavy (non-hydrogen) atoms. The Morgan fingerprint density at radius 3 is 2.31 bits per heavy atom. The molecule has 2 rings (SSSR count). The SMILES string of the molecule is CCCCN(C)C(=O)C=Cc1ccc(OC(=O)c2ccc(N=C(N)N)cc2)cc1. The lowest BCUT2D eigenvalue weighted by molar-refractivity contribution is -0.124. The fourth-order valence-corrected chi connectivity index (χ4v) is 2.43. The number of carbonyl (C=O) groups is 2. The number of guanidine groups is 1. The molecule has 0 atom stereocenters. The summed E-state index contributed by atoms with van der Waals surface area (Å²) in [6.45, 7) is 2.83. The molecule has 0 unspecified atom stereocenters. The molecule has 7 heteroatoms. The van der Waals surface area contributed by atoms with E-state index in [0.29, 0.717) is 17.0 Å². The van der Waals surface area contributed by atoms with Crippen LogP contribution in [0.2, 0.25) is 0 Å². The van der Waals surface area contributed by atoms with Crippen molar-refractivity contribution in [3.63, 3.8) is 0 Å². The average Bonchev–Trinajstić information content (AvgIpc) is 2.71. The highest BCUT2D eigenvalue weighted by atomic mass is 16.5. The van der Waals surface area contributed by atoms with Gasteiger partial charge in [0.15, 0.2) is 5.96 Å². The number of hydrogen-bond donors (Lipinski definition) is 2. The molecule has 0 saturated heterocycles. The molecule has 1 amide bonds. The van der Waals surface area contributed by atoms with E-state index >= 15 is 0 Å². The minimum Gasteiger partial charge on any atom is -0.423 e. The predicted molar refractivity (Wildman–Crippen MR) is 115 cm³/mol. The molecule has 0 radical (unpaired) electrons. The normalized spacial score (nSPS) is 10.6. The minimum atomic E-state index is -0.489. The maximum Gasteiger partial charge on any atom is 0.343 e. The topological polar surface area (TPSA) is 111 Å². The molecule has 2 aromatic carbocycles. The van der Waals surface area contributed by atoms with Crippen molar-refractivity contribution in [1.29, 1.82) is 0 Å². The molecule has 0 saturated carbocycles. The molecule has 4 N–H and O–H groups in total. The highest BCUT2D eigenvalue weighted by molar-refractivity contribution is 5.92. The summed E-state index contributed by atoms with van der Waals surface area (Å²) in [4.78, 5) is 29.8. The Balaban J connectivity index is 1.94. The summed E-state index contributed by atoms with van der Waals surface area (Å²) in [5.74, 6) is -0.175. The zero-order chi connectivity index (χ0) is 21.2. The number of hydrogen-bond acceptors (Lipinski definition) is 4. The third-order valence-electron chi connectivity index (χ3n) is 4.09. The zero-order valence-electron chi connectivity index (χ0n) is 16.7. The molecule has 0 spiro atoms. The van der Waals surface area contributed by atoms with Gasteiger partial charge in [-0.3, -0.25) is 4.79 Å². The van der Waals surface area contributed by atoms with Crippen molar-refractivity contribution < 1.29 is 14.3 Å². The van der Waals surface area contributed by atoms with Crippen LogP contribution in [-0.4, -0.2) is 36.3 Å². The number of ether oxygens (including phenoxy) is 1. The maximum atomic E-state index is 12.2. The third-order valence-corrected chi connectivity index (χ3v) is 4.09. The minimum absolute atomic E-state index is 0.0434. The molecule has 2 aromatic rings. The van der Waals surface area contributed by atoms with Crippen molar-refractivity contribution in [2.75, 3.05) is 13.6 Å². The van der Waals surface area contributed by atoms with Crippen LogP contribution in [0, 0.1) is 0 Å². The lowest BCUT2D eigenvalue weighted by Crippen LogP contribution is -2.25. The Labute approximate surface area is 170 Å². The van der Waals surface area contributed by atoms with E-state index in [0.717, 1.165) is 24.9 Å². The van der Waals surface area contributed by atoms with Crippen LogP contribution in [-0.2, 0) is 4.79 Å². The number of nitrogens with zero attached hydrogens (tertiary/aromatic N) is 2. The van der Waals surface area contributed by atoms with Crippen molar-refractivity contribution in [3.8, 4) is 5.75 Å². The second-order valence-electron chi connectivity index (χ2n) is 6.49. The highest BCUT2D eigenvalue weighted by Crippen LogP contribution is 2.17. The maximum absolute atomic E-state index is 12.2. The molecule has 7 nitrogen and oxygen atoms in total. The molecular formula is C22H26N4O3. The third kappa shape index (κ3) is 7.14. The van der Waals surface area contributed by atoms with E-state index in [2.05, 4.69) is 11.9 Å². The van der Waals surface area contributed by atoms with Gasteiger partial charge in [-0.15, -0.1) is 0 Å². The number of esters is 1. The van der Waals surface area contributed by atoms with Crippen molar-refractivity contribution in [3.05, 3.63) is 65.7 Å². The van der Waals surface area contributed by atoms with E-state index < -0.39 is 5.97 Å². The van der Waals surface area contributed by atoms with Crippen molar-refractivity contribution in [2.24, 2.45) is 16.5 Å². The van der Waals surface area contributed by atoms with Gasteiger partial charge in [-0.2, -0.15) is 0 Å². The molecule has 0 aliphatic carbocycles. The largest absolute Gasteiger partial charge is 0.423 e. The number of benzene rings is 2. The molecule has 0 aliphatic rings. The first-order valence-electron chi connectivity index (χ1n) is 9.34. The van der Waals surface area contributed by atoms with Crippen LogP contribution in [0.3, 0.4) is 0 Å². The number of rotatable bonds is 8. The Hall–Kier alpha value is -3.61. The second kappa shape index (κ2) is 10.7. The van der Waals surface area contributed by atoms with Gasteiger partial charge in [0, 0.05) is 19.7 Å². The van der Waals surface area contributed by atoms with Crippen molar-refractivity contribution >= 4 is 29.6 Å². The van der Waals surface area contributed by atoms with Gasteiger partial charge in [0.1, 0.15) is 5.75 Å². The van der Waals surface area contributed by atoms with Crippen LogP contribution in [0.1, 0.15) is 35.7 Å². The van der Waals surface area contributed by atoms with E-state index in [1.807, 2.05) is 0 Å². The lowest BCUT2D eigenvalue weighted by Gasteiger charge is -2.13. The second-order valence-corrected chi connectivity index (χ2v) is 6.49. The first-order valence-corrected chi connectivity index (χ1v) is 9.34. The summed E-state index contributed by atoms with van der Waals surface area (Å²) in [5, 5.41) is 0. The van der Waals surface area contributed by atoms with E-state index in [-0.39, 0.29) is 11.9 Å². The monoisotopic (exact) mass is 394 g/mol. The summed E-state index contributed by atoms with van der Waals surface area (Å²) < 4.78 is 5.36. The van der Waals surface area contributed by atoms with Gasteiger partial charge in [-0.25, -0.2) is 9.79 Å². The molecule has 0 heterocycles. The Bertz CT molecular complexity index is 883. The van der Waals surface area contributed by atoms with Crippen LogP contribution >= 0.6 is 0 Å². The summed E-state index contributed by atoms with van der Waals surface area (Å²) in [7, 11) is 1.79. The molecular weight excluding hydrogens is 368 g/mol. The van der Waals surface area contributed by atoms with E-state index in [1.54, 1.807) is 66.6 Å². The zero-order valence-corrected chi connectivity index (χ0v) is 16.7. The van der Waals surface area contributed by atoms with E-state index in [4.69, 9.17) is 16.2 Å². The predicted octanol–water partition coefficient (Wildman–Crippen LogP) is 3.08. The number of aliphatic imine (C=N–C) groups is 1. The van der Waals surface area contributed by atoms with Crippen LogP contribution < -0.4 is 16.2 Å². The Morgan fingerprint density at radius 2 is 1.72 bits per heavy atom. The molecule has 0 aromatic heterocycles. The fraction of sp³-hybridized carbons (Fsp3) is 0.227. The number of unbranched alkanes of at least 4 members (excludes halogenated alkanes) is 1. The van der Waals surface area contributed by atoms with Crippen molar-refractivity contribution in [2.45, 2.75) is 19.8 Å². The summed E-state index contributed by atoms with van der Waals surface area (Å²) in [5.41, 5.74) is 12.4.